The largest absolute Gasteiger partial charge is 0.462 e. The van der Waals surface area contributed by atoms with Gasteiger partial charge >= 0.3 is 5.97 Å². The lowest BCUT2D eigenvalue weighted by Crippen LogP contribution is -2.56. The summed E-state index contributed by atoms with van der Waals surface area (Å²) in [5, 5.41) is 10.3. The van der Waals surface area contributed by atoms with E-state index in [-0.39, 0.29) is 30.2 Å². The van der Waals surface area contributed by atoms with E-state index in [0.717, 1.165) is 32.1 Å². The molecule has 0 aromatic rings. The number of aliphatic hydroxyl groups excluding tert-OH is 1. The Morgan fingerprint density at radius 1 is 1.23 bits per heavy atom. The highest BCUT2D eigenvalue weighted by Gasteiger charge is 2.59. The molecule has 3 unspecified atom stereocenters. The molecule has 5 rings (SSSR count). The average molecular weight is 310 g/mol. The van der Waals surface area contributed by atoms with E-state index in [9.17, 15) is 9.90 Å². The van der Waals surface area contributed by atoms with E-state index in [2.05, 4.69) is 0 Å². The summed E-state index contributed by atoms with van der Waals surface area (Å²) in [6, 6.07) is 0. The van der Waals surface area contributed by atoms with Crippen LogP contribution in [-0.2, 0) is 19.0 Å². The lowest BCUT2D eigenvalue weighted by atomic mass is 9.48. The van der Waals surface area contributed by atoms with Gasteiger partial charge in [0.2, 0.25) is 0 Å². The van der Waals surface area contributed by atoms with Crippen LogP contribution in [0.15, 0.2) is 0 Å². The first kappa shape index (κ1) is 14.9. The monoisotopic (exact) mass is 310 g/mol. The maximum atomic E-state index is 12.7. The van der Waals surface area contributed by atoms with Crippen LogP contribution >= 0.6 is 0 Å². The summed E-state index contributed by atoms with van der Waals surface area (Å²) in [6.45, 7) is 4.48. The Labute approximate surface area is 131 Å². The lowest BCUT2D eigenvalue weighted by molar-refractivity contribution is -0.189. The van der Waals surface area contributed by atoms with E-state index in [0.29, 0.717) is 24.4 Å². The molecule has 5 heteroatoms. The van der Waals surface area contributed by atoms with Gasteiger partial charge in [-0.1, -0.05) is 0 Å². The predicted octanol–water partition coefficient (Wildman–Crippen LogP) is 1.87. The van der Waals surface area contributed by atoms with Gasteiger partial charge in [0.15, 0.2) is 5.79 Å². The molecule has 0 aromatic carbocycles. The van der Waals surface area contributed by atoms with Crippen LogP contribution in [0.25, 0.3) is 0 Å². The first-order valence-corrected chi connectivity index (χ1v) is 8.54. The van der Waals surface area contributed by atoms with Crippen molar-refractivity contribution in [3.8, 4) is 0 Å². The summed E-state index contributed by atoms with van der Waals surface area (Å²) in [7, 11) is 0. The third-order valence-electron chi connectivity index (χ3n) is 6.12. The smallest absolute Gasteiger partial charge is 0.312 e. The fraction of sp³-hybridized carbons (Fsp3) is 0.941. The number of rotatable bonds is 3. The minimum atomic E-state index is -0.581. The molecule has 1 aliphatic heterocycles. The van der Waals surface area contributed by atoms with E-state index < -0.39 is 5.79 Å². The van der Waals surface area contributed by atoms with Gasteiger partial charge in [0.25, 0.3) is 0 Å². The Morgan fingerprint density at radius 3 is 2.50 bits per heavy atom. The number of carbonyl (C=O) groups excluding carboxylic acids is 1. The van der Waals surface area contributed by atoms with E-state index in [1.807, 2.05) is 13.8 Å². The zero-order chi connectivity index (χ0) is 15.5. The molecular weight excluding hydrogens is 284 g/mol. The third kappa shape index (κ3) is 2.38. The molecule has 0 radical (unpaired) electrons. The number of aliphatic hydroxyl groups is 1. The fourth-order valence-electron chi connectivity index (χ4n) is 5.41. The molecule has 0 spiro atoms. The van der Waals surface area contributed by atoms with Crippen molar-refractivity contribution >= 4 is 5.97 Å². The zero-order valence-corrected chi connectivity index (χ0v) is 13.4. The van der Waals surface area contributed by atoms with Gasteiger partial charge in [-0.25, -0.2) is 0 Å². The van der Waals surface area contributed by atoms with Crippen molar-refractivity contribution in [2.24, 2.45) is 23.2 Å². The van der Waals surface area contributed by atoms with Crippen LogP contribution in [0.5, 0.6) is 0 Å². The van der Waals surface area contributed by atoms with Gasteiger partial charge in [-0.05, 0) is 63.7 Å². The zero-order valence-electron chi connectivity index (χ0n) is 13.4. The highest BCUT2D eigenvalue weighted by Crippen LogP contribution is 2.60. The Hall–Kier alpha value is -0.650. The van der Waals surface area contributed by atoms with Crippen molar-refractivity contribution in [2.45, 2.75) is 63.9 Å². The van der Waals surface area contributed by atoms with Crippen LogP contribution < -0.4 is 0 Å². The number of ether oxygens (including phenoxy) is 3. The Balaban J connectivity index is 1.39. The molecule has 4 saturated carbocycles. The molecule has 1 heterocycles. The Kier molecular flexibility index (Phi) is 3.34. The maximum absolute atomic E-state index is 12.7. The van der Waals surface area contributed by atoms with Gasteiger partial charge in [0.1, 0.15) is 12.7 Å². The van der Waals surface area contributed by atoms with E-state index in [4.69, 9.17) is 14.2 Å². The molecule has 22 heavy (non-hydrogen) atoms. The molecule has 1 N–H and O–H groups in total. The van der Waals surface area contributed by atoms with E-state index in [1.54, 1.807) is 0 Å². The van der Waals surface area contributed by atoms with Gasteiger partial charge in [-0.2, -0.15) is 0 Å². The maximum Gasteiger partial charge on any atom is 0.312 e. The van der Waals surface area contributed by atoms with Crippen molar-refractivity contribution in [1.29, 1.82) is 0 Å². The number of carbonyl (C=O) groups is 1. The lowest BCUT2D eigenvalue weighted by Gasteiger charge is -2.57. The predicted molar refractivity (Wildman–Crippen MR) is 77.9 cm³/mol. The molecule has 5 aliphatic rings. The molecule has 4 bridgehead atoms. The first-order chi connectivity index (χ1) is 10.4. The normalized spacial score (nSPS) is 48.6. The molecule has 5 nitrogen and oxygen atoms in total. The second kappa shape index (κ2) is 4.92. The van der Waals surface area contributed by atoms with Crippen LogP contribution in [0, 0.1) is 23.2 Å². The van der Waals surface area contributed by atoms with Crippen LogP contribution in [0.3, 0.4) is 0 Å². The van der Waals surface area contributed by atoms with E-state index >= 15 is 0 Å². The molecule has 4 aliphatic carbocycles. The third-order valence-corrected chi connectivity index (χ3v) is 6.12. The molecular formula is C17H26O5. The van der Waals surface area contributed by atoms with Gasteiger partial charge in [0, 0.05) is 0 Å². The highest BCUT2D eigenvalue weighted by atomic mass is 16.7. The van der Waals surface area contributed by atoms with Crippen LogP contribution in [0.1, 0.15) is 46.0 Å². The molecule has 3 atom stereocenters. The van der Waals surface area contributed by atoms with Gasteiger partial charge in [0.05, 0.1) is 18.1 Å². The van der Waals surface area contributed by atoms with Crippen LogP contribution in [0.4, 0.5) is 0 Å². The van der Waals surface area contributed by atoms with Crippen molar-refractivity contribution in [3.05, 3.63) is 0 Å². The molecule has 0 aromatic heterocycles. The Bertz CT molecular complexity index is 458. The van der Waals surface area contributed by atoms with Gasteiger partial charge in [-0.3, -0.25) is 4.79 Å². The summed E-state index contributed by atoms with van der Waals surface area (Å²) in [5.74, 6) is 0.528. The van der Waals surface area contributed by atoms with Crippen LogP contribution in [0.2, 0.25) is 0 Å². The minimum Gasteiger partial charge on any atom is -0.462 e. The van der Waals surface area contributed by atoms with Crippen molar-refractivity contribution in [3.63, 3.8) is 0 Å². The molecule has 124 valence electrons. The second-order valence-corrected chi connectivity index (χ2v) is 8.29. The second-order valence-electron chi connectivity index (χ2n) is 8.29. The summed E-state index contributed by atoms with van der Waals surface area (Å²) < 4.78 is 16.8. The standard InChI is InChI=1S/C17H26O5/c1-16(2)21-9-13(22-16)8-20-15(19)17-5-10-3-11(6-17)14(18)12(4-10)7-17/h10-14,18H,3-9H2,1-2H3. The quantitative estimate of drug-likeness (QED) is 0.806. The number of hydrogen-bond donors (Lipinski definition) is 1. The number of hydrogen-bond acceptors (Lipinski definition) is 5. The van der Waals surface area contributed by atoms with Gasteiger partial charge < -0.3 is 19.3 Å². The summed E-state index contributed by atoms with van der Waals surface area (Å²) in [4.78, 5) is 12.7. The minimum absolute atomic E-state index is 0.0768. The summed E-state index contributed by atoms with van der Waals surface area (Å²) in [6.07, 6.45) is 4.34. The SMILES string of the molecule is CC1(C)OCC(COC(=O)C23CC4CC(C2)C(O)C(C4)C3)O1. The summed E-state index contributed by atoms with van der Waals surface area (Å²) in [5.41, 5.74) is -0.343. The topological polar surface area (TPSA) is 65.0 Å². The molecule has 0 amide bonds. The van der Waals surface area contributed by atoms with Crippen molar-refractivity contribution < 1.29 is 24.1 Å². The van der Waals surface area contributed by atoms with E-state index in [1.165, 1.54) is 0 Å². The molecule has 1 saturated heterocycles. The van der Waals surface area contributed by atoms with Crippen LogP contribution in [-0.4, -0.2) is 42.3 Å². The van der Waals surface area contributed by atoms with Crippen molar-refractivity contribution in [2.75, 3.05) is 13.2 Å². The Morgan fingerprint density at radius 2 is 1.91 bits per heavy atom. The summed E-state index contributed by atoms with van der Waals surface area (Å²) >= 11 is 0. The molecule has 5 fully saturated rings. The first-order valence-electron chi connectivity index (χ1n) is 8.54. The number of esters is 1. The average Bonchev–Trinajstić information content (AvgIpc) is 2.80. The van der Waals surface area contributed by atoms with Crippen molar-refractivity contribution in [1.82, 2.24) is 0 Å². The van der Waals surface area contributed by atoms with Gasteiger partial charge in [-0.15, -0.1) is 0 Å². The fourth-order valence-corrected chi connectivity index (χ4v) is 5.41. The highest BCUT2D eigenvalue weighted by molar-refractivity contribution is 5.77.